The van der Waals surface area contributed by atoms with Crippen molar-refractivity contribution in [2.45, 2.75) is 25.8 Å². The maximum atomic E-state index is 13.8. The summed E-state index contributed by atoms with van der Waals surface area (Å²) in [4.78, 5) is 0. The summed E-state index contributed by atoms with van der Waals surface area (Å²) in [6.45, 7) is 5.91. The van der Waals surface area contributed by atoms with E-state index in [0.29, 0.717) is 21.8 Å². The number of ether oxygens (including phenoxy) is 1. The van der Waals surface area contributed by atoms with E-state index in [-0.39, 0.29) is 5.82 Å². The Bertz CT molecular complexity index is 473. The molecule has 2 rings (SSSR count). The third kappa shape index (κ3) is 2.18. The Morgan fingerprint density at radius 1 is 1.65 bits per heavy atom. The number of halogens is 2. The van der Waals surface area contributed by atoms with Gasteiger partial charge in [0.05, 0.1) is 11.6 Å². The summed E-state index contributed by atoms with van der Waals surface area (Å²) in [7, 11) is 1.54. The first kappa shape index (κ1) is 12.4. The highest BCUT2D eigenvalue weighted by Gasteiger charge is 2.23. The first-order chi connectivity index (χ1) is 8.04. The molecule has 0 saturated carbocycles. The van der Waals surface area contributed by atoms with E-state index in [2.05, 4.69) is 34.7 Å². The van der Waals surface area contributed by atoms with E-state index in [1.807, 2.05) is 0 Å². The molecular formula is C13H15BrFNO. The van der Waals surface area contributed by atoms with Crippen molar-refractivity contribution in [3.05, 3.63) is 34.1 Å². The second-order valence-corrected chi connectivity index (χ2v) is 5.08. The van der Waals surface area contributed by atoms with Gasteiger partial charge in [0.15, 0.2) is 0 Å². The average molecular weight is 300 g/mol. The SMILES string of the molecule is C=C(OC)c1cc(F)c(Br)c2c1NC(C)CC2. The summed E-state index contributed by atoms with van der Waals surface area (Å²) in [6, 6.07) is 1.84. The fraction of sp³-hybridized carbons (Fsp3) is 0.385. The smallest absolute Gasteiger partial charge is 0.138 e. The van der Waals surface area contributed by atoms with Crippen molar-refractivity contribution in [2.75, 3.05) is 12.4 Å². The van der Waals surface area contributed by atoms with Crippen LogP contribution < -0.4 is 5.32 Å². The van der Waals surface area contributed by atoms with Gasteiger partial charge >= 0.3 is 0 Å². The molecule has 1 aromatic rings. The molecule has 1 unspecified atom stereocenters. The van der Waals surface area contributed by atoms with Crippen LogP contribution in [0.5, 0.6) is 0 Å². The van der Waals surface area contributed by atoms with E-state index < -0.39 is 0 Å². The van der Waals surface area contributed by atoms with E-state index >= 15 is 0 Å². The number of rotatable bonds is 2. The maximum absolute atomic E-state index is 13.8. The fourth-order valence-corrected chi connectivity index (χ4v) is 2.60. The van der Waals surface area contributed by atoms with Crippen molar-refractivity contribution in [3.63, 3.8) is 0 Å². The third-order valence-electron chi connectivity index (χ3n) is 3.08. The van der Waals surface area contributed by atoms with Gasteiger partial charge in [0.2, 0.25) is 0 Å². The molecule has 17 heavy (non-hydrogen) atoms. The average Bonchev–Trinajstić information content (AvgIpc) is 2.32. The minimum atomic E-state index is -0.270. The third-order valence-corrected chi connectivity index (χ3v) is 3.94. The molecule has 1 aromatic carbocycles. The van der Waals surface area contributed by atoms with E-state index in [9.17, 15) is 4.39 Å². The second-order valence-electron chi connectivity index (χ2n) is 4.28. The number of methoxy groups -OCH3 is 1. The summed E-state index contributed by atoms with van der Waals surface area (Å²) >= 11 is 3.31. The summed E-state index contributed by atoms with van der Waals surface area (Å²) in [5.41, 5.74) is 2.61. The quantitative estimate of drug-likeness (QED) is 0.835. The zero-order valence-corrected chi connectivity index (χ0v) is 11.5. The van der Waals surface area contributed by atoms with Gasteiger partial charge in [0.1, 0.15) is 11.6 Å². The first-order valence-corrected chi connectivity index (χ1v) is 6.34. The first-order valence-electron chi connectivity index (χ1n) is 5.55. The van der Waals surface area contributed by atoms with E-state index in [4.69, 9.17) is 4.74 Å². The zero-order chi connectivity index (χ0) is 12.6. The van der Waals surface area contributed by atoms with Gasteiger partial charge in [-0.25, -0.2) is 4.39 Å². The molecule has 1 N–H and O–H groups in total. The van der Waals surface area contributed by atoms with Gasteiger partial charge in [0, 0.05) is 17.3 Å². The van der Waals surface area contributed by atoms with Crippen molar-refractivity contribution in [1.82, 2.24) is 0 Å². The maximum Gasteiger partial charge on any atom is 0.138 e. The summed E-state index contributed by atoms with van der Waals surface area (Å²) < 4.78 is 19.4. The lowest BCUT2D eigenvalue weighted by atomic mass is 9.95. The van der Waals surface area contributed by atoms with Gasteiger partial charge in [-0.05, 0) is 47.3 Å². The van der Waals surface area contributed by atoms with Gasteiger partial charge in [-0.15, -0.1) is 0 Å². The van der Waals surface area contributed by atoms with Crippen molar-refractivity contribution in [1.29, 1.82) is 0 Å². The number of benzene rings is 1. The molecule has 1 atom stereocenters. The van der Waals surface area contributed by atoms with E-state index in [0.717, 1.165) is 24.1 Å². The number of hydrogen-bond acceptors (Lipinski definition) is 2. The molecule has 0 spiro atoms. The molecule has 4 heteroatoms. The van der Waals surface area contributed by atoms with Crippen LogP contribution in [0.15, 0.2) is 17.1 Å². The van der Waals surface area contributed by atoms with Gasteiger partial charge < -0.3 is 10.1 Å². The minimum Gasteiger partial charge on any atom is -0.497 e. The molecular weight excluding hydrogens is 285 g/mol. The number of anilines is 1. The van der Waals surface area contributed by atoms with Crippen molar-refractivity contribution < 1.29 is 9.13 Å². The van der Waals surface area contributed by atoms with Gasteiger partial charge in [-0.1, -0.05) is 6.58 Å². The molecule has 1 heterocycles. The van der Waals surface area contributed by atoms with Crippen LogP contribution in [-0.2, 0) is 11.2 Å². The molecule has 0 amide bonds. The van der Waals surface area contributed by atoms with Crippen LogP contribution >= 0.6 is 15.9 Å². The summed E-state index contributed by atoms with van der Waals surface area (Å²) in [5.74, 6) is 0.211. The monoisotopic (exact) mass is 299 g/mol. The lowest BCUT2D eigenvalue weighted by Crippen LogP contribution is -2.23. The van der Waals surface area contributed by atoms with Gasteiger partial charge in [-0.3, -0.25) is 0 Å². The Morgan fingerprint density at radius 2 is 2.35 bits per heavy atom. The van der Waals surface area contributed by atoms with Crippen molar-refractivity contribution in [2.24, 2.45) is 0 Å². The number of fused-ring (bicyclic) bond motifs is 1. The van der Waals surface area contributed by atoms with Crippen LogP contribution in [0.1, 0.15) is 24.5 Å². The van der Waals surface area contributed by atoms with E-state index in [1.165, 1.54) is 6.07 Å². The molecule has 1 aliphatic heterocycles. The number of hydrogen-bond donors (Lipinski definition) is 1. The summed E-state index contributed by atoms with van der Waals surface area (Å²) in [5, 5.41) is 3.37. The van der Waals surface area contributed by atoms with E-state index in [1.54, 1.807) is 7.11 Å². The van der Waals surface area contributed by atoms with Crippen molar-refractivity contribution in [3.8, 4) is 0 Å². The molecule has 1 aliphatic rings. The standard InChI is InChI=1S/C13H15BrFNO/c1-7-4-5-9-12(14)11(15)6-10(8(2)17-3)13(9)16-7/h6-7,16H,2,4-5H2,1,3H3. The Morgan fingerprint density at radius 3 is 3.00 bits per heavy atom. The topological polar surface area (TPSA) is 21.3 Å². The molecule has 0 aliphatic carbocycles. The Labute approximate surface area is 109 Å². The predicted octanol–water partition coefficient (Wildman–Crippen LogP) is 3.95. The second kappa shape index (κ2) is 4.69. The normalized spacial score (nSPS) is 18.2. The zero-order valence-electron chi connectivity index (χ0n) is 9.94. The van der Waals surface area contributed by atoms with Crippen molar-refractivity contribution >= 4 is 27.4 Å². The predicted molar refractivity (Wildman–Crippen MR) is 71.5 cm³/mol. The molecule has 0 bridgehead atoms. The molecule has 0 aromatic heterocycles. The van der Waals surface area contributed by atoms with Crippen LogP contribution in [0.2, 0.25) is 0 Å². The Hall–Kier alpha value is -1.03. The van der Waals surface area contributed by atoms with Crippen LogP contribution in [-0.4, -0.2) is 13.2 Å². The molecule has 0 saturated heterocycles. The van der Waals surface area contributed by atoms with Crippen LogP contribution in [0.4, 0.5) is 10.1 Å². The molecule has 2 nitrogen and oxygen atoms in total. The van der Waals surface area contributed by atoms with Gasteiger partial charge in [-0.2, -0.15) is 0 Å². The lowest BCUT2D eigenvalue weighted by Gasteiger charge is -2.28. The largest absolute Gasteiger partial charge is 0.497 e. The molecule has 0 radical (unpaired) electrons. The molecule has 0 fully saturated rings. The molecule has 92 valence electrons. The van der Waals surface area contributed by atoms with Crippen LogP contribution in [0, 0.1) is 5.82 Å². The Kier molecular flexibility index (Phi) is 3.43. The van der Waals surface area contributed by atoms with Crippen LogP contribution in [0.3, 0.4) is 0 Å². The fourth-order valence-electron chi connectivity index (χ4n) is 2.09. The summed E-state index contributed by atoms with van der Waals surface area (Å²) in [6.07, 6.45) is 1.85. The minimum absolute atomic E-state index is 0.270. The lowest BCUT2D eigenvalue weighted by molar-refractivity contribution is 0.371. The highest BCUT2D eigenvalue weighted by atomic mass is 79.9. The number of nitrogens with one attached hydrogen (secondary N) is 1. The highest BCUT2D eigenvalue weighted by Crippen LogP contribution is 2.38. The Balaban J connectivity index is 2.60. The van der Waals surface area contributed by atoms with Gasteiger partial charge in [0.25, 0.3) is 0 Å². The highest BCUT2D eigenvalue weighted by molar-refractivity contribution is 9.10. The van der Waals surface area contributed by atoms with Crippen LogP contribution in [0.25, 0.3) is 5.76 Å².